The molecular weight excluding hydrogens is 378 g/mol. The van der Waals surface area contributed by atoms with Gasteiger partial charge in [-0.1, -0.05) is 13.8 Å². The Morgan fingerprint density at radius 1 is 1.19 bits per heavy atom. The quantitative estimate of drug-likeness (QED) is 0.687. The third-order valence-electron chi connectivity index (χ3n) is 4.46. The number of nitrogens with one attached hydrogen (secondary N) is 1. The molecule has 26 heavy (non-hydrogen) atoms. The van der Waals surface area contributed by atoms with E-state index in [9.17, 15) is 21.6 Å². The minimum absolute atomic E-state index is 0.0250. The highest BCUT2D eigenvalue weighted by Gasteiger charge is 2.36. The number of carbonyl (C=O) groups excluding carboxylic acids is 1. The fraction of sp³-hybridized carbons (Fsp3) is 0.562. The number of anilines is 1. The van der Waals surface area contributed by atoms with Crippen molar-refractivity contribution in [3.63, 3.8) is 0 Å². The molecule has 8 nitrogen and oxygen atoms in total. The average Bonchev–Trinajstić information content (AvgIpc) is 2.87. The van der Waals surface area contributed by atoms with E-state index in [1.165, 1.54) is 24.3 Å². The third kappa shape index (κ3) is 4.43. The molecule has 1 amide bonds. The maximum atomic E-state index is 12.4. The SMILES string of the molecule is CCN(CC)C(C)CNS(=O)(=O)c1ccc(N2C(=O)CCS2(=O)=O)cc1. The predicted molar refractivity (Wildman–Crippen MR) is 99.9 cm³/mol. The first kappa shape index (κ1) is 20.8. The molecule has 1 N–H and O–H groups in total. The molecule has 1 fully saturated rings. The summed E-state index contributed by atoms with van der Waals surface area (Å²) < 4.78 is 52.0. The molecule has 0 bridgehead atoms. The Kier molecular flexibility index (Phi) is 6.43. The highest BCUT2D eigenvalue weighted by Crippen LogP contribution is 2.26. The van der Waals surface area contributed by atoms with Gasteiger partial charge < -0.3 is 0 Å². The first-order chi connectivity index (χ1) is 12.1. The van der Waals surface area contributed by atoms with Crippen molar-refractivity contribution in [3.05, 3.63) is 24.3 Å². The van der Waals surface area contributed by atoms with Crippen molar-refractivity contribution in [1.29, 1.82) is 0 Å². The number of likely N-dealkylation sites (N-methyl/N-ethyl adjacent to an activating group) is 1. The summed E-state index contributed by atoms with van der Waals surface area (Å²) in [6.45, 7) is 7.90. The summed E-state index contributed by atoms with van der Waals surface area (Å²) in [5.41, 5.74) is 0.156. The molecule has 146 valence electrons. The molecule has 1 aromatic carbocycles. The monoisotopic (exact) mass is 403 g/mol. The summed E-state index contributed by atoms with van der Waals surface area (Å²) in [4.78, 5) is 13.9. The van der Waals surface area contributed by atoms with Gasteiger partial charge in [0.1, 0.15) is 0 Å². The average molecular weight is 404 g/mol. The van der Waals surface area contributed by atoms with E-state index in [1.54, 1.807) is 0 Å². The van der Waals surface area contributed by atoms with Crippen LogP contribution in [-0.4, -0.2) is 59.1 Å². The number of rotatable bonds is 8. The van der Waals surface area contributed by atoms with Crippen LogP contribution in [0.25, 0.3) is 0 Å². The van der Waals surface area contributed by atoms with Crippen LogP contribution < -0.4 is 9.03 Å². The van der Waals surface area contributed by atoms with Crippen molar-refractivity contribution < 1.29 is 21.6 Å². The van der Waals surface area contributed by atoms with Crippen molar-refractivity contribution in [2.45, 2.75) is 38.1 Å². The second-order valence-corrected chi connectivity index (χ2v) is 9.84. The summed E-state index contributed by atoms with van der Waals surface area (Å²) in [6.07, 6.45) is -0.0623. The first-order valence-corrected chi connectivity index (χ1v) is 11.6. The van der Waals surface area contributed by atoms with Crippen LogP contribution in [0.4, 0.5) is 5.69 Å². The van der Waals surface area contributed by atoms with E-state index in [4.69, 9.17) is 0 Å². The summed E-state index contributed by atoms with van der Waals surface area (Å²) in [5, 5.41) is 0. The molecule has 1 aliphatic heterocycles. The summed E-state index contributed by atoms with van der Waals surface area (Å²) in [6, 6.07) is 5.33. The lowest BCUT2D eigenvalue weighted by Gasteiger charge is -2.26. The molecule has 0 aliphatic carbocycles. The number of carbonyl (C=O) groups is 1. The zero-order valence-electron chi connectivity index (χ0n) is 15.2. The number of sulfonamides is 2. The lowest BCUT2D eigenvalue weighted by molar-refractivity contribution is -0.116. The minimum atomic E-state index is -3.72. The fourth-order valence-electron chi connectivity index (χ4n) is 2.92. The molecule has 1 aromatic rings. The van der Waals surface area contributed by atoms with Gasteiger partial charge in [0.2, 0.25) is 26.0 Å². The summed E-state index contributed by atoms with van der Waals surface area (Å²) in [5.74, 6) is -0.733. The molecule has 0 aromatic heterocycles. The largest absolute Gasteiger partial charge is 0.300 e. The first-order valence-electron chi connectivity index (χ1n) is 8.52. The zero-order valence-corrected chi connectivity index (χ0v) is 16.8. The Balaban J connectivity index is 2.13. The van der Waals surface area contributed by atoms with Crippen LogP contribution in [0.15, 0.2) is 29.2 Å². The Morgan fingerprint density at radius 3 is 2.23 bits per heavy atom. The Bertz CT molecular complexity index is 846. The van der Waals surface area contributed by atoms with Gasteiger partial charge in [-0.05, 0) is 44.3 Å². The molecule has 10 heteroatoms. The lowest BCUT2D eigenvalue weighted by Crippen LogP contribution is -2.41. The maximum Gasteiger partial charge on any atom is 0.242 e. The van der Waals surface area contributed by atoms with Gasteiger partial charge in [-0.3, -0.25) is 9.69 Å². The van der Waals surface area contributed by atoms with Gasteiger partial charge in [0, 0.05) is 19.0 Å². The van der Waals surface area contributed by atoms with Gasteiger partial charge in [-0.15, -0.1) is 0 Å². The molecule has 0 spiro atoms. The van der Waals surface area contributed by atoms with E-state index < -0.39 is 26.0 Å². The Labute approximate surface area is 155 Å². The second kappa shape index (κ2) is 8.03. The van der Waals surface area contributed by atoms with Crippen LogP contribution in [0.1, 0.15) is 27.2 Å². The van der Waals surface area contributed by atoms with E-state index in [0.717, 1.165) is 17.4 Å². The zero-order chi connectivity index (χ0) is 19.5. The Morgan fingerprint density at radius 2 is 1.77 bits per heavy atom. The Hall–Kier alpha value is -1.49. The van der Waals surface area contributed by atoms with Gasteiger partial charge in [0.05, 0.1) is 16.3 Å². The highest BCUT2D eigenvalue weighted by molar-refractivity contribution is 7.94. The van der Waals surface area contributed by atoms with Crippen molar-refractivity contribution >= 4 is 31.6 Å². The van der Waals surface area contributed by atoms with Gasteiger partial charge in [0.15, 0.2) is 0 Å². The minimum Gasteiger partial charge on any atom is -0.300 e. The highest BCUT2D eigenvalue weighted by atomic mass is 32.2. The molecule has 0 radical (unpaired) electrons. The van der Waals surface area contributed by atoms with Crippen LogP contribution in [0.3, 0.4) is 0 Å². The fourth-order valence-corrected chi connectivity index (χ4v) is 5.50. The molecule has 1 aliphatic rings. The molecule has 2 rings (SSSR count). The molecular formula is C16H25N3O5S2. The van der Waals surface area contributed by atoms with Gasteiger partial charge in [0.25, 0.3) is 0 Å². The number of hydrogen-bond donors (Lipinski definition) is 1. The van der Waals surface area contributed by atoms with Crippen molar-refractivity contribution in [1.82, 2.24) is 9.62 Å². The number of hydrogen-bond acceptors (Lipinski definition) is 6. The van der Waals surface area contributed by atoms with Crippen LogP contribution in [0, 0.1) is 0 Å². The van der Waals surface area contributed by atoms with E-state index in [0.29, 0.717) is 0 Å². The van der Waals surface area contributed by atoms with Crippen molar-refractivity contribution in [2.24, 2.45) is 0 Å². The molecule has 1 atom stereocenters. The number of amides is 1. The number of benzene rings is 1. The van der Waals surface area contributed by atoms with Gasteiger partial charge in [-0.2, -0.15) is 0 Å². The van der Waals surface area contributed by atoms with Crippen molar-refractivity contribution in [2.75, 3.05) is 29.7 Å². The standard InChI is InChI=1S/C16H25N3O5S2/c1-4-18(5-2)13(3)12-17-26(23,24)15-8-6-14(7-9-15)19-16(20)10-11-25(19,21)22/h6-9,13,17H,4-5,10-12H2,1-3H3. The number of nitrogens with zero attached hydrogens (tertiary/aromatic N) is 2. The van der Waals surface area contributed by atoms with E-state index in [-0.39, 0.29) is 35.3 Å². The molecule has 0 saturated carbocycles. The van der Waals surface area contributed by atoms with Crippen molar-refractivity contribution in [3.8, 4) is 0 Å². The predicted octanol–water partition coefficient (Wildman–Crippen LogP) is 0.762. The second-order valence-electron chi connectivity index (χ2n) is 6.14. The lowest BCUT2D eigenvalue weighted by atomic mass is 10.3. The van der Waals surface area contributed by atoms with Crippen LogP contribution in [-0.2, 0) is 24.8 Å². The van der Waals surface area contributed by atoms with Crippen LogP contribution in [0.2, 0.25) is 0 Å². The molecule has 1 saturated heterocycles. The van der Waals surface area contributed by atoms with E-state index in [2.05, 4.69) is 9.62 Å². The summed E-state index contributed by atoms with van der Waals surface area (Å²) >= 11 is 0. The third-order valence-corrected chi connectivity index (χ3v) is 7.59. The van der Waals surface area contributed by atoms with E-state index in [1.807, 2.05) is 20.8 Å². The smallest absolute Gasteiger partial charge is 0.242 e. The van der Waals surface area contributed by atoms with Crippen LogP contribution >= 0.6 is 0 Å². The van der Waals surface area contributed by atoms with Crippen LogP contribution in [0.5, 0.6) is 0 Å². The normalized spacial score (nSPS) is 18.5. The van der Waals surface area contributed by atoms with Gasteiger partial charge in [-0.25, -0.2) is 25.9 Å². The molecule has 1 heterocycles. The maximum absolute atomic E-state index is 12.4. The van der Waals surface area contributed by atoms with E-state index >= 15 is 0 Å². The topological polar surface area (TPSA) is 104 Å². The van der Waals surface area contributed by atoms with Gasteiger partial charge >= 0.3 is 0 Å². The summed E-state index contributed by atoms with van der Waals surface area (Å²) in [7, 11) is -7.38. The molecule has 1 unspecified atom stereocenters.